The van der Waals surface area contributed by atoms with Gasteiger partial charge in [0.2, 0.25) is 11.8 Å². The van der Waals surface area contributed by atoms with Crippen molar-refractivity contribution < 1.29 is 23.2 Å². The minimum absolute atomic E-state index is 0.137. The van der Waals surface area contributed by atoms with Crippen LogP contribution in [0.3, 0.4) is 0 Å². The molecule has 2 fully saturated rings. The van der Waals surface area contributed by atoms with Gasteiger partial charge in [-0.3, -0.25) is 29.5 Å². The third-order valence-corrected chi connectivity index (χ3v) is 8.98. The molecule has 1 N–H and O–H groups in total. The van der Waals surface area contributed by atoms with Crippen molar-refractivity contribution in [2.75, 3.05) is 36.0 Å². The number of halogens is 2. The number of rotatable bonds is 6. The largest absolute Gasteiger partial charge is 0.367 e. The minimum Gasteiger partial charge on any atom is -0.367 e. The molecular weight excluding hydrogens is 576 g/mol. The van der Waals surface area contributed by atoms with Crippen LogP contribution in [0.2, 0.25) is 0 Å². The number of nitrogens with zero attached hydrogens (tertiary/aromatic N) is 4. The topological polar surface area (TPSA) is 77.3 Å². The zero-order valence-corrected chi connectivity index (χ0v) is 24.4. The molecule has 0 radical (unpaired) electrons. The second-order valence-corrected chi connectivity index (χ2v) is 11.8. The van der Waals surface area contributed by atoms with Crippen molar-refractivity contribution in [1.29, 1.82) is 0 Å². The van der Waals surface area contributed by atoms with Crippen molar-refractivity contribution in [3.8, 4) is 0 Å². The van der Waals surface area contributed by atoms with E-state index in [1.165, 1.54) is 23.1 Å². The maximum Gasteiger partial charge on any atom is 0.259 e. The lowest BCUT2D eigenvalue weighted by Crippen LogP contribution is -2.53. The highest BCUT2D eigenvalue weighted by Gasteiger charge is 2.41. The van der Waals surface area contributed by atoms with Gasteiger partial charge in [-0.05, 0) is 65.3 Å². The van der Waals surface area contributed by atoms with E-state index in [4.69, 9.17) is 6.57 Å². The van der Waals surface area contributed by atoms with E-state index >= 15 is 0 Å². The van der Waals surface area contributed by atoms with E-state index < -0.39 is 23.7 Å². The highest BCUT2D eigenvalue weighted by Crippen LogP contribution is 2.42. The summed E-state index contributed by atoms with van der Waals surface area (Å²) < 4.78 is 29.3. The summed E-state index contributed by atoms with van der Waals surface area (Å²) in [5, 5.41) is 3.57. The number of amides is 3. The lowest BCUT2D eigenvalue weighted by molar-refractivity contribution is -0.134. The Morgan fingerprint density at radius 2 is 1.60 bits per heavy atom. The van der Waals surface area contributed by atoms with Crippen molar-refractivity contribution in [3.05, 3.63) is 112 Å². The van der Waals surface area contributed by atoms with Crippen molar-refractivity contribution >= 4 is 45.6 Å². The summed E-state index contributed by atoms with van der Waals surface area (Å²) in [7, 11) is 0. The average molecular weight is 606 g/mol. The first-order valence-electron chi connectivity index (χ1n) is 14.9. The van der Waals surface area contributed by atoms with Gasteiger partial charge in [0.15, 0.2) is 5.69 Å². The summed E-state index contributed by atoms with van der Waals surface area (Å²) in [6, 6.07) is 18.4. The molecule has 3 aliphatic heterocycles. The predicted molar refractivity (Wildman–Crippen MR) is 166 cm³/mol. The summed E-state index contributed by atoms with van der Waals surface area (Å²) in [5.74, 6) is -2.21. The minimum atomic E-state index is -0.826. The summed E-state index contributed by atoms with van der Waals surface area (Å²) in [6.07, 6.45) is 0.884. The fourth-order valence-corrected chi connectivity index (χ4v) is 6.70. The molecule has 0 saturated carbocycles. The van der Waals surface area contributed by atoms with Gasteiger partial charge in [-0.25, -0.2) is 13.6 Å². The molecule has 4 aromatic carbocycles. The Balaban J connectivity index is 1.05. The number of hydrogen-bond donors (Lipinski definition) is 1. The number of piperidine rings is 1. The molecule has 0 aromatic heterocycles. The van der Waals surface area contributed by atoms with Gasteiger partial charge in [0, 0.05) is 44.5 Å². The summed E-state index contributed by atoms with van der Waals surface area (Å²) in [6.45, 7) is 10.8. The number of nitrogens with one attached hydrogen (secondary N) is 1. The Kier molecular flexibility index (Phi) is 7.26. The first-order chi connectivity index (χ1) is 21.8. The molecule has 3 heterocycles. The van der Waals surface area contributed by atoms with E-state index in [1.807, 2.05) is 17.0 Å². The maximum absolute atomic E-state index is 14.8. The van der Waals surface area contributed by atoms with E-state index in [1.54, 1.807) is 12.1 Å². The maximum atomic E-state index is 14.8. The lowest BCUT2D eigenvalue weighted by Gasteiger charge is -2.36. The van der Waals surface area contributed by atoms with Gasteiger partial charge in [-0.2, -0.15) is 0 Å². The van der Waals surface area contributed by atoms with Crippen LogP contribution in [-0.2, 0) is 22.6 Å². The molecule has 0 spiro atoms. The Morgan fingerprint density at radius 3 is 2.31 bits per heavy atom. The second-order valence-electron chi connectivity index (χ2n) is 11.8. The highest BCUT2D eigenvalue weighted by molar-refractivity contribution is 6.27. The van der Waals surface area contributed by atoms with Gasteiger partial charge in [-0.1, -0.05) is 36.4 Å². The molecule has 4 aromatic rings. The van der Waals surface area contributed by atoms with Gasteiger partial charge in [-0.15, -0.1) is 0 Å². The van der Waals surface area contributed by atoms with Crippen molar-refractivity contribution in [1.82, 2.24) is 10.2 Å². The van der Waals surface area contributed by atoms with Crippen molar-refractivity contribution in [2.24, 2.45) is 0 Å². The summed E-state index contributed by atoms with van der Waals surface area (Å²) >= 11 is 0. The molecule has 0 aliphatic carbocycles. The van der Waals surface area contributed by atoms with Crippen LogP contribution in [0.25, 0.3) is 15.6 Å². The predicted octanol–water partition coefficient (Wildman–Crippen LogP) is 5.35. The number of anilines is 2. The zero-order chi connectivity index (χ0) is 31.2. The van der Waals surface area contributed by atoms with Gasteiger partial charge >= 0.3 is 0 Å². The molecule has 1 atom stereocenters. The fourth-order valence-electron chi connectivity index (χ4n) is 6.70. The number of imide groups is 1. The number of carbonyl (C=O) groups is 3. The van der Waals surface area contributed by atoms with Crippen LogP contribution in [0.4, 0.5) is 25.8 Å². The smallest absolute Gasteiger partial charge is 0.259 e. The molecule has 2 saturated heterocycles. The first-order valence-corrected chi connectivity index (χ1v) is 14.9. The number of piperazine rings is 1. The van der Waals surface area contributed by atoms with Crippen LogP contribution < -0.4 is 15.1 Å². The Hall–Kier alpha value is -5.14. The van der Waals surface area contributed by atoms with Crippen LogP contribution in [0, 0.1) is 18.2 Å². The molecule has 0 bridgehead atoms. The monoisotopic (exact) mass is 605 g/mol. The van der Waals surface area contributed by atoms with E-state index in [0.717, 1.165) is 36.3 Å². The van der Waals surface area contributed by atoms with Crippen LogP contribution in [0.15, 0.2) is 66.7 Å². The third kappa shape index (κ3) is 5.29. The SMILES string of the molecule is [C-]#[N+]c1ccc(N2CCN(Cc3ccc(Cc4ccc5c6c(cc(F)cc46)C(=O)N5[C@@H]4CCC(=O)NC4=O)cc3)CC2)c(F)c1. The molecule has 8 nitrogen and oxygen atoms in total. The Bertz CT molecular complexity index is 1910. The van der Waals surface area contributed by atoms with E-state index in [-0.39, 0.29) is 30.1 Å². The number of carbonyl (C=O) groups excluding carboxylic acids is 3. The zero-order valence-electron chi connectivity index (χ0n) is 24.4. The molecule has 3 amide bonds. The van der Waals surface area contributed by atoms with Crippen LogP contribution >= 0.6 is 0 Å². The van der Waals surface area contributed by atoms with E-state index in [0.29, 0.717) is 47.3 Å². The molecule has 3 aliphatic rings. The standard InChI is InChI=1S/C35H29F2N5O3/c1-38-25-7-9-29(28(37)19-25)41-14-12-40(13-15-41)20-22-4-2-21(3-5-22)16-23-6-8-30-33-26(23)17-24(36)18-27(33)35(45)42(30)31-10-11-32(43)39-34(31)44/h2-9,17-19,31H,10-16,20H2,(H,39,43,44)/t31-/m1/s1. The van der Waals surface area contributed by atoms with Crippen LogP contribution in [0.1, 0.15) is 39.9 Å². The average Bonchev–Trinajstić information content (AvgIpc) is 3.31. The van der Waals surface area contributed by atoms with Gasteiger partial charge in [0.1, 0.15) is 17.7 Å². The molecule has 0 unspecified atom stereocenters. The number of benzene rings is 4. The third-order valence-electron chi connectivity index (χ3n) is 8.98. The van der Waals surface area contributed by atoms with E-state index in [9.17, 15) is 23.2 Å². The molecule has 45 heavy (non-hydrogen) atoms. The van der Waals surface area contributed by atoms with Gasteiger partial charge in [0.25, 0.3) is 5.91 Å². The fraction of sp³-hybridized carbons (Fsp3) is 0.257. The Morgan fingerprint density at radius 1 is 0.867 bits per heavy atom. The van der Waals surface area contributed by atoms with Gasteiger partial charge in [0.05, 0.1) is 23.5 Å². The molecule has 226 valence electrons. The Labute approximate surface area is 258 Å². The number of hydrogen-bond acceptors (Lipinski definition) is 5. The second kappa shape index (κ2) is 11.4. The first kappa shape index (κ1) is 28.6. The summed E-state index contributed by atoms with van der Waals surface area (Å²) in [4.78, 5) is 46.8. The van der Waals surface area contributed by atoms with Crippen LogP contribution in [-0.4, -0.2) is 54.8 Å². The quantitative estimate of drug-likeness (QED) is 0.237. The summed E-state index contributed by atoms with van der Waals surface area (Å²) in [5.41, 5.74) is 4.67. The normalized spacial score (nSPS) is 18.4. The van der Waals surface area contributed by atoms with Crippen molar-refractivity contribution in [2.45, 2.75) is 31.8 Å². The van der Waals surface area contributed by atoms with Crippen LogP contribution in [0.5, 0.6) is 0 Å². The van der Waals surface area contributed by atoms with Gasteiger partial charge < -0.3 is 4.90 Å². The van der Waals surface area contributed by atoms with E-state index in [2.05, 4.69) is 39.3 Å². The molecular formula is C35H29F2N5O3. The molecule has 7 rings (SSSR count). The lowest BCUT2D eigenvalue weighted by atomic mass is 9.95. The highest BCUT2D eigenvalue weighted by atomic mass is 19.1. The molecule has 10 heteroatoms. The van der Waals surface area contributed by atoms with Crippen molar-refractivity contribution in [3.63, 3.8) is 0 Å².